The van der Waals surface area contributed by atoms with Crippen LogP contribution < -0.4 is 4.90 Å². The monoisotopic (exact) mass is 768 g/mol. The average molecular weight is 769 g/mol. The Balaban J connectivity index is 0.985. The van der Waals surface area contributed by atoms with E-state index in [1.807, 2.05) is 24.3 Å². The second kappa shape index (κ2) is 13.8. The molecule has 0 radical (unpaired) electrons. The maximum Gasteiger partial charge on any atom is 0.213 e. The molecule has 0 bridgehead atoms. The van der Waals surface area contributed by atoms with Gasteiger partial charge in [0.15, 0.2) is 5.58 Å². The summed E-state index contributed by atoms with van der Waals surface area (Å²) in [6, 6.07) is 77.3. The number of benzene rings is 9. The molecule has 3 heterocycles. The molecule has 0 aliphatic heterocycles. The SMILES string of the molecule is c1ccc(-c2ccccc2-c2ccc(N(c3ccc(-c4ccc5c6c7ccccc7oc6n(-c6ccccc6)c5c4)cc3)c3cccc4c3oc3ccccc34)cc2)cc1. The van der Waals surface area contributed by atoms with E-state index in [9.17, 15) is 0 Å². The second-order valence-electron chi connectivity index (χ2n) is 15.3. The van der Waals surface area contributed by atoms with Gasteiger partial charge in [0.1, 0.15) is 11.2 Å². The highest BCUT2D eigenvalue weighted by Crippen LogP contribution is 2.44. The van der Waals surface area contributed by atoms with E-state index in [-0.39, 0.29) is 0 Å². The molecule has 0 aliphatic rings. The third kappa shape index (κ3) is 5.46. The molecule has 282 valence electrons. The fourth-order valence-corrected chi connectivity index (χ4v) is 9.03. The largest absolute Gasteiger partial charge is 0.454 e. The van der Waals surface area contributed by atoms with Crippen LogP contribution in [0.1, 0.15) is 0 Å². The number of hydrogen-bond acceptors (Lipinski definition) is 3. The maximum absolute atomic E-state index is 6.64. The summed E-state index contributed by atoms with van der Waals surface area (Å²) < 4.78 is 15.4. The van der Waals surface area contributed by atoms with Gasteiger partial charge in [-0.25, -0.2) is 0 Å². The van der Waals surface area contributed by atoms with Crippen LogP contribution in [0.3, 0.4) is 0 Å². The van der Waals surface area contributed by atoms with Crippen LogP contribution in [-0.2, 0) is 0 Å². The molecule has 0 aliphatic carbocycles. The minimum absolute atomic E-state index is 0.852. The van der Waals surface area contributed by atoms with Gasteiger partial charge >= 0.3 is 0 Å². The van der Waals surface area contributed by atoms with Gasteiger partial charge in [-0.2, -0.15) is 0 Å². The zero-order valence-corrected chi connectivity index (χ0v) is 32.5. The van der Waals surface area contributed by atoms with Gasteiger partial charge in [-0.1, -0.05) is 158 Å². The van der Waals surface area contributed by atoms with Gasteiger partial charge in [-0.15, -0.1) is 0 Å². The molecule has 12 aromatic rings. The van der Waals surface area contributed by atoms with Crippen LogP contribution in [0.15, 0.2) is 227 Å². The third-order valence-corrected chi connectivity index (χ3v) is 11.8. The van der Waals surface area contributed by atoms with E-state index >= 15 is 0 Å². The summed E-state index contributed by atoms with van der Waals surface area (Å²) in [5, 5.41) is 5.62. The summed E-state index contributed by atoms with van der Waals surface area (Å²) in [5.74, 6) is 0. The zero-order valence-electron chi connectivity index (χ0n) is 32.5. The molecule has 0 N–H and O–H groups in total. The Hall–Kier alpha value is -8.08. The first-order chi connectivity index (χ1) is 29.8. The molecule has 0 unspecified atom stereocenters. The minimum Gasteiger partial charge on any atom is -0.454 e. The number of fused-ring (bicyclic) bond motifs is 8. The number of anilines is 3. The number of rotatable bonds is 7. The van der Waals surface area contributed by atoms with Crippen molar-refractivity contribution in [1.29, 1.82) is 0 Å². The topological polar surface area (TPSA) is 34.5 Å². The van der Waals surface area contributed by atoms with Crippen molar-refractivity contribution < 1.29 is 8.83 Å². The molecular formula is C56H36N2O2. The van der Waals surface area contributed by atoms with Crippen molar-refractivity contribution in [2.75, 3.05) is 4.90 Å². The minimum atomic E-state index is 0.852. The van der Waals surface area contributed by atoms with Gasteiger partial charge in [0.2, 0.25) is 5.71 Å². The van der Waals surface area contributed by atoms with E-state index in [4.69, 9.17) is 8.83 Å². The molecule has 3 aromatic heterocycles. The first-order valence-corrected chi connectivity index (χ1v) is 20.3. The Morgan fingerprint density at radius 3 is 1.63 bits per heavy atom. The van der Waals surface area contributed by atoms with Crippen LogP contribution in [0.5, 0.6) is 0 Å². The number of aromatic nitrogens is 1. The number of nitrogens with zero attached hydrogens (tertiary/aromatic N) is 2. The first kappa shape index (κ1) is 34.0. The second-order valence-corrected chi connectivity index (χ2v) is 15.3. The lowest BCUT2D eigenvalue weighted by Gasteiger charge is -2.26. The van der Waals surface area contributed by atoms with Crippen LogP contribution in [-0.4, -0.2) is 4.57 Å². The van der Waals surface area contributed by atoms with Gasteiger partial charge < -0.3 is 13.7 Å². The molecule has 0 atom stereocenters. The summed E-state index contributed by atoms with van der Waals surface area (Å²) in [6.45, 7) is 0. The lowest BCUT2D eigenvalue weighted by Crippen LogP contribution is -2.10. The van der Waals surface area contributed by atoms with Crippen LogP contribution >= 0.6 is 0 Å². The highest BCUT2D eigenvalue weighted by atomic mass is 16.3. The Kier molecular flexibility index (Phi) is 7.82. The smallest absolute Gasteiger partial charge is 0.213 e. The first-order valence-electron chi connectivity index (χ1n) is 20.3. The molecule has 0 spiro atoms. The van der Waals surface area contributed by atoms with Crippen LogP contribution in [0, 0.1) is 0 Å². The molecule has 4 nitrogen and oxygen atoms in total. The van der Waals surface area contributed by atoms with Crippen LogP contribution in [0.25, 0.3) is 94.0 Å². The van der Waals surface area contributed by atoms with Crippen LogP contribution in [0.2, 0.25) is 0 Å². The molecular weight excluding hydrogens is 733 g/mol. The molecule has 9 aromatic carbocycles. The Morgan fingerprint density at radius 2 is 0.917 bits per heavy atom. The number of para-hydroxylation sites is 4. The predicted octanol–water partition coefficient (Wildman–Crippen LogP) is 15.9. The molecule has 4 heteroatoms. The Labute approximate surface area is 346 Å². The summed E-state index contributed by atoms with van der Waals surface area (Å²) in [5.41, 5.74) is 15.7. The lowest BCUT2D eigenvalue weighted by molar-refractivity contribution is 0.645. The molecule has 0 fully saturated rings. The summed E-state index contributed by atoms with van der Waals surface area (Å²) in [4.78, 5) is 2.31. The Morgan fingerprint density at radius 1 is 0.367 bits per heavy atom. The fourth-order valence-electron chi connectivity index (χ4n) is 9.03. The molecule has 0 saturated carbocycles. The molecule has 0 amide bonds. The van der Waals surface area contributed by atoms with Crippen molar-refractivity contribution >= 4 is 72.0 Å². The van der Waals surface area contributed by atoms with Gasteiger partial charge in [-0.05, 0) is 94.0 Å². The zero-order chi connectivity index (χ0) is 39.6. The summed E-state index contributed by atoms with van der Waals surface area (Å²) in [7, 11) is 0. The van der Waals surface area contributed by atoms with Gasteiger partial charge in [0.25, 0.3) is 0 Å². The van der Waals surface area contributed by atoms with Crippen molar-refractivity contribution in [3.63, 3.8) is 0 Å². The van der Waals surface area contributed by atoms with E-state index in [1.165, 1.54) is 22.1 Å². The molecule has 12 rings (SSSR count). The standard InChI is InChI=1S/C56H36N2O2/c1-3-14-38(15-4-1)44-18-7-8-19-45(44)39-28-33-43(34-29-39)57(50-23-13-22-47-46-20-9-11-24-52(46)59-55(47)50)42-31-26-37(27-32-42)40-30-35-48-51(36-40)58(41-16-5-2-6-17-41)56-54(48)49-21-10-12-25-53(49)60-56/h1-36H. The fraction of sp³-hybridized carbons (Fsp3) is 0. The summed E-state index contributed by atoms with van der Waals surface area (Å²) >= 11 is 0. The van der Waals surface area contributed by atoms with Crippen LogP contribution in [0.4, 0.5) is 17.1 Å². The average Bonchev–Trinajstić information content (AvgIpc) is 3.99. The number of furan rings is 2. The van der Waals surface area contributed by atoms with E-state index in [0.717, 1.165) is 89.0 Å². The van der Waals surface area contributed by atoms with E-state index < -0.39 is 0 Å². The predicted molar refractivity (Wildman–Crippen MR) is 249 cm³/mol. The highest BCUT2D eigenvalue weighted by molar-refractivity contribution is 6.20. The van der Waals surface area contributed by atoms with Crippen molar-refractivity contribution in [1.82, 2.24) is 4.57 Å². The highest BCUT2D eigenvalue weighted by Gasteiger charge is 2.22. The normalized spacial score (nSPS) is 11.7. The summed E-state index contributed by atoms with van der Waals surface area (Å²) in [6.07, 6.45) is 0. The molecule has 0 saturated heterocycles. The van der Waals surface area contributed by atoms with Crippen molar-refractivity contribution in [3.05, 3.63) is 218 Å². The third-order valence-electron chi connectivity index (χ3n) is 11.8. The van der Waals surface area contributed by atoms with E-state index in [1.54, 1.807) is 0 Å². The quantitative estimate of drug-likeness (QED) is 0.162. The lowest BCUT2D eigenvalue weighted by atomic mass is 9.94. The number of hydrogen-bond donors (Lipinski definition) is 0. The maximum atomic E-state index is 6.64. The molecule has 60 heavy (non-hydrogen) atoms. The van der Waals surface area contributed by atoms with Crippen molar-refractivity contribution in [3.8, 4) is 39.1 Å². The van der Waals surface area contributed by atoms with E-state index in [2.05, 4.69) is 204 Å². The van der Waals surface area contributed by atoms with Gasteiger partial charge in [-0.3, -0.25) is 4.57 Å². The Bertz CT molecular complexity index is 3520. The van der Waals surface area contributed by atoms with Gasteiger partial charge in [0, 0.05) is 38.6 Å². The van der Waals surface area contributed by atoms with E-state index in [0.29, 0.717) is 0 Å². The van der Waals surface area contributed by atoms with Crippen molar-refractivity contribution in [2.24, 2.45) is 0 Å². The van der Waals surface area contributed by atoms with Gasteiger partial charge in [0.05, 0.1) is 16.6 Å². The van der Waals surface area contributed by atoms with Crippen molar-refractivity contribution in [2.45, 2.75) is 0 Å².